The van der Waals surface area contributed by atoms with Crippen LogP contribution in [0.15, 0.2) is 11.1 Å². The van der Waals surface area contributed by atoms with Gasteiger partial charge in [-0.1, -0.05) is 6.92 Å². The Morgan fingerprint density at radius 3 is 2.86 bits per heavy atom. The maximum absolute atomic E-state index is 11.4. The first kappa shape index (κ1) is 11.0. The van der Waals surface area contributed by atoms with Gasteiger partial charge in [0.05, 0.1) is 6.54 Å². The fraction of sp³-hybridized carbons (Fsp3) is 0.778. The van der Waals surface area contributed by atoms with Crippen LogP contribution in [-0.2, 0) is 13.6 Å². The molecular weight excluding hydrogens is 180 g/mol. The zero-order valence-electron chi connectivity index (χ0n) is 9.03. The lowest BCUT2D eigenvalue weighted by Crippen LogP contribution is -2.35. The summed E-state index contributed by atoms with van der Waals surface area (Å²) in [6.07, 6.45) is 2.64. The van der Waals surface area contributed by atoms with Crippen LogP contribution in [0.25, 0.3) is 0 Å². The van der Waals surface area contributed by atoms with Crippen LogP contribution in [0.1, 0.15) is 20.3 Å². The molecule has 5 nitrogen and oxygen atoms in total. The fourth-order valence-electron chi connectivity index (χ4n) is 1.26. The van der Waals surface area contributed by atoms with Gasteiger partial charge < -0.3 is 5.32 Å². The van der Waals surface area contributed by atoms with E-state index in [1.165, 1.54) is 15.6 Å². The second-order valence-corrected chi connectivity index (χ2v) is 3.56. The summed E-state index contributed by atoms with van der Waals surface area (Å²) in [5.41, 5.74) is -0.0600. The molecule has 1 aromatic rings. The van der Waals surface area contributed by atoms with Crippen LogP contribution in [-0.4, -0.2) is 26.9 Å². The maximum atomic E-state index is 11.4. The van der Waals surface area contributed by atoms with Gasteiger partial charge in [0.1, 0.15) is 6.33 Å². The molecule has 80 valence electrons. The number of hydrogen-bond acceptors (Lipinski definition) is 3. The number of nitrogens with zero attached hydrogens (tertiary/aromatic N) is 3. The van der Waals surface area contributed by atoms with E-state index < -0.39 is 0 Å². The van der Waals surface area contributed by atoms with Gasteiger partial charge in [-0.15, -0.1) is 0 Å². The second-order valence-electron chi connectivity index (χ2n) is 3.56. The fourth-order valence-corrected chi connectivity index (χ4v) is 1.26. The summed E-state index contributed by atoms with van der Waals surface area (Å²) in [6.45, 7) is 5.77. The number of aryl methyl sites for hydroxylation is 1. The molecule has 0 saturated carbocycles. The molecule has 1 heterocycles. The Bertz CT molecular complexity index is 328. The van der Waals surface area contributed by atoms with Gasteiger partial charge in [0.2, 0.25) is 0 Å². The number of aromatic nitrogens is 3. The summed E-state index contributed by atoms with van der Waals surface area (Å²) >= 11 is 0. The lowest BCUT2D eigenvalue weighted by Gasteiger charge is -2.11. The van der Waals surface area contributed by atoms with Crippen molar-refractivity contribution in [2.24, 2.45) is 7.05 Å². The van der Waals surface area contributed by atoms with Crippen molar-refractivity contribution in [2.75, 3.05) is 6.54 Å². The summed E-state index contributed by atoms with van der Waals surface area (Å²) in [5.74, 6) is 0. The van der Waals surface area contributed by atoms with Crippen molar-refractivity contribution in [1.29, 1.82) is 0 Å². The minimum atomic E-state index is -0.0600. The molecule has 0 amide bonds. The molecule has 1 N–H and O–H groups in total. The first-order valence-corrected chi connectivity index (χ1v) is 4.97. The molecule has 0 aliphatic carbocycles. The highest BCUT2D eigenvalue weighted by atomic mass is 16.2. The van der Waals surface area contributed by atoms with Crippen molar-refractivity contribution < 1.29 is 0 Å². The van der Waals surface area contributed by atoms with Gasteiger partial charge in [0, 0.05) is 13.1 Å². The van der Waals surface area contributed by atoms with Gasteiger partial charge in [-0.2, -0.15) is 5.10 Å². The molecule has 0 aromatic carbocycles. The quantitative estimate of drug-likeness (QED) is 0.723. The summed E-state index contributed by atoms with van der Waals surface area (Å²) in [7, 11) is 1.70. The van der Waals surface area contributed by atoms with Gasteiger partial charge in [-0.05, 0) is 19.9 Å². The largest absolute Gasteiger partial charge is 0.345 e. The standard InChI is InChI=1S/C9H18N4O/c1-4-5-10-8(2)6-13-9(14)12(3)7-11-13/h7-8,10H,4-6H2,1-3H3. The number of hydrogen-bond donors (Lipinski definition) is 1. The summed E-state index contributed by atoms with van der Waals surface area (Å²) in [4.78, 5) is 11.4. The first-order valence-electron chi connectivity index (χ1n) is 4.97. The van der Waals surface area contributed by atoms with E-state index in [-0.39, 0.29) is 11.7 Å². The molecule has 0 aliphatic heterocycles. The Kier molecular flexibility index (Phi) is 3.88. The van der Waals surface area contributed by atoms with E-state index in [9.17, 15) is 4.79 Å². The third kappa shape index (κ3) is 2.70. The molecule has 0 fully saturated rings. The molecule has 0 radical (unpaired) electrons. The van der Waals surface area contributed by atoms with Gasteiger partial charge in [-0.25, -0.2) is 9.48 Å². The molecule has 1 rings (SSSR count). The van der Waals surface area contributed by atoms with Crippen molar-refractivity contribution in [3.63, 3.8) is 0 Å². The normalized spacial score (nSPS) is 13.1. The van der Waals surface area contributed by atoms with E-state index in [0.29, 0.717) is 6.54 Å². The maximum Gasteiger partial charge on any atom is 0.345 e. The highest BCUT2D eigenvalue weighted by Gasteiger charge is 2.05. The van der Waals surface area contributed by atoms with Crippen molar-refractivity contribution in [3.05, 3.63) is 16.8 Å². The number of nitrogens with one attached hydrogen (secondary N) is 1. The zero-order valence-corrected chi connectivity index (χ0v) is 9.03. The van der Waals surface area contributed by atoms with Crippen LogP contribution in [0.3, 0.4) is 0 Å². The van der Waals surface area contributed by atoms with Gasteiger partial charge in [0.25, 0.3) is 0 Å². The van der Waals surface area contributed by atoms with Crippen LogP contribution >= 0.6 is 0 Å². The van der Waals surface area contributed by atoms with Crippen LogP contribution in [0.2, 0.25) is 0 Å². The molecule has 0 bridgehead atoms. The van der Waals surface area contributed by atoms with Crippen molar-refractivity contribution in [2.45, 2.75) is 32.9 Å². The Balaban J connectivity index is 2.52. The topological polar surface area (TPSA) is 51.9 Å². The Hall–Kier alpha value is -1.10. The molecule has 0 saturated heterocycles. The average molecular weight is 198 g/mol. The third-order valence-corrected chi connectivity index (χ3v) is 2.08. The lowest BCUT2D eigenvalue weighted by molar-refractivity contribution is 0.441. The predicted octanol–water partition coefficient (Wildman–Crippen LogP) is -0.0301. The van der Waals surface area contributed by atoms with Crippen LogP contribution < -0.4 is 11.0 Å². The summed E-state index contributed by atoms with van der Waals surface area (Å²) in [6, 6.07) is 0.280. The van der Waals surface area contributed by atoms with Crippen molar-refractivity contribution in [3.8, 4) is 0 Å². The summed E-state index contributed by atoms with van der Waals surface area (Å²) in [5, 5.41) is 7.30. The van der Waals surface area contributed by atoms with Crippen molar-refractivity contribution >= 4 is 0 Å². The van der Waals surface area contributed by atoms with E-state index in [1.807, 2.05) is 0 Å². The second kappa shape index (κ2) is 4.95. The first-order chi connectivity index (χ1) is 6.65. The molecule has 1 atom stereocenters. The molecule has 0 aliphatic rings. The van der Waals surface area contributed by atoms with Gasteiger partial charge >= 0.3 is 5.69 Å². The van der Waals surface area contributed by atoms with Crippen molar-refractivity contribution in [1.82, 2.24) is 19.7 Å². The Labute approximate surface area is 83.7 Å². The highest BCUT2D eigenvalue weighted by Crippen LogP contribution is 1.86. The van der Waals surface area contributed by atoms with E-state index in [2.05, 4.69) is 24.3 Å². The van der Waals surface area contributed by atoms with E-state index in [0.717, 1.165) is 13.0 Å². The predicted molar refractivity (Wildman–Crippen MR) is 55.2 cm³/mol. The molecule has 5 heteroatoms. The third-order valence-electron chi connectivity index (χ3n) is 2.08. The van der Waals surface area contributed by atoms with E-state index in [1.54, 1.807) is 7.05 Å². The molecule has 14 heavy (non-hydrogen) atoms. The lowest BCUT2D eigenvalue weighted by atomic mass is 10.3. The smallest absolute Gasteiger partial charge is 0.312 e. The molecular formula is C9H18N4O. The number of rotatable bonds is 5. The minimum Gasteiger partial charge on any atom is -0.312 e. The van der Waals surface area contributed by atoms with Crippen LogP contribution in [0.4, 0.5) is 0 Å². The SMILES string of the molecule is CCCNC(C)Cn1ncn(C)c1=O. The van der Waals surface area contributed by atoms with Gasteiger partial charge in [0.15, 0.2) is 0 Å². The Morgan fingerprint density at radius 2 is 2.36 bits per heavy atom. The van der Waals surface area contributed by atoms with Crippen LogP contribution in [0, 0.1) is 0 Å². The highest BCUT2D eigenvalue weighted by molar-refractivity contribution is 4.68. The zero-order chi connectivity index (χ0) is 10.6. The van der Waals surface area contributed by atoms with Gasteiger partial charge in [-0.3, -0.25) is 4.57 Å². The average Bonchev–Trinajstić information content (AvgIpc) is 2.46. The molecule has 1 aromatic heterocycles. The molecule has 1 unspecified atom stereocenters. The monoisotopic (exact) mass is 198 g/mol. The van der Waals surface area contributed by atoms with E-state index >= 15 is 0 Å². The molecule has 0 spiro atoms. The Morgan fingerprint density at radius 1 is 1.64 bits per heavy atom. The van der Waals surface area contributed by atoms with E-state index in [4.69, 9.17) is 0 Å². The minimum absolute atomic E-state index is 0.0600. The summed E-state index contributed by atoms with van der Waals surface area (Å²) < 4.78 is 2.96. The van der Waals surface area contributed by atoms with Crippen LogP contribution in [0.5, 0.6) is 0 Å².